The maximum Gasteiger partial charge on any atom is 0.328 e. The number of rotatable bonds is 10. The summed E-state index contributed by atoms with van der Waals surface area (Å²) in [6.07, 6.45) is 3.49. The number of carboxylic acid groups (broad SMARTS) is 1. The highest BCUT2D eigenvalue weighted by Gasteiger charge is 2.10. The molecule has 0 spiro atoms. The number of nitrogens with two attached hydrogens (primary N) is 1. The number of benzene rings is 1. The molecule has 0 bridgehead atoms. The molecule has 0 saturated carbocycles. The Kier molecular flexibility index (Phi) is 7.57. The van der Waals surface area contributed by atoms with Crippen molar-refractivity contribution in [3.05, 3.63) is 59.4 Å². The lowest BCUT2D eigenvalue weighted by atomic mass is 10.2. The first-order valence-electron chi connectivity index (χ1n) is 8.18. The third kappa shape index (κ3) is 6.52. The Morgan fingerprint density at radius 1 is 1.23 bits per heavy atom. The number of pyridine rings is 1. The lowest BCUT2D eigenvalue weighted by Crippen LogP contribution is -2.06. The molecule has 6 nitrogen and oxygen atoms in total. The molecule has 138 valence electrons. The molecule has 0 saturated heterocycles. The number of carboxylic acids is 1. The maximum atomic E-state index is 13.9. The summed E-state index contributed by atoms with van der Waals surface area (Å²) in [5.41, 5.74) is 6.98. The third-order valence-electron chi connectivity index (χ3n) is 3.44. The van der Waals surface area contributed by atoms with E-state index in [1.807, 2.05) is 30.3 Å². The monoisotopic (exact) mass is 360 g/mol. The standard InChI is InChI=1S/C19H21FN2O4/c20-16-12-15(8-9-17(23)24)18(21)22-19(16)26-11-5-4-10-25-13-14-6-2-1-3-7-14/h1-3,6-9,12H,4-5,10-11,13H2,(H2,21,22)(H,23,24)/b9-8+. The van der Waals surface area contributed by atoms with Crippen LogP contribution in [-0.4, -0.2) is 29.3 Å². The number of unbranched alkanes of at least 4 members (excludes halogenated alkanes) is 1. The van der Waals surface area contributed by atoms with Gasteiger partial charge in [0.2, 0.25) is 0 Å². The van der Waals surface area contributed by atoms with Crippen LogP contribution < -0.4 is 10.5 Å². The number of nitrogens with zero attached hydrogens (tertiary/aromatic N) is 1. The molecule has 2 aromatic rings. The number of aromatic nitrogens is 1. The molecular weight excluding hydrogens is 339 g/mol. The van der Waals surface area contributed by atoms with Crippen molar-refractivity contribution in [3.8, 4) is 5.88 Å². The molecule has 1 heterocycles. The van der Waals surface area contributed by atoms with E-state index >= 15 is 0 Å². The Bertz CT molecular complexity index is 751. The summed E-state index contributed by atoms with van der Waals surface area (Å²) < 4.78 is 24.8. The second-order valence-electron chi connectivity index (χ2n) is 5.52. The van der Waals surface area contributed by atoms with E-state index in [4.69, 9.17) is 20.3 Å². The van der Waals surface area contributed by atoms with Crippen LogP contribution in [0.15, 0.2) is 42.5 Å². The van der Waals surface area contributed by atoms with Crippen molar-refractivity contribution in [2.24, 2.45) is 0 Å². The Hall–Kier alpha value is -2.93. The van der Waals surface area contributed by atoms with Crippen LogP contribution in [0.1, 0.15) is 24.0 Å². The number of hydrogen-bond acceptors (Lipinski definition) is 5. The highest BCUT2D eigenvalue weighted by atomic mass is 19.1. The summed E-state index contributed by atoms with van der Waals surface area (Å²) in [5, 5.41) is 8.58. The van der Waals surface area contributed by atoms with Crippen LogP contribution in [0.2, 0.25) is 0 Å². The number of halogens is 1. The summed E-state index contributed by atoms with van der Waals surface area (Å²) in [6.45, 7) is 1.41. The normalized spacial score (nSPS) is 11.0. The zero-order chi connectivity index (χ0) is 18.8. The average molecular weight is 360 g/mol. The molecule has 0 radical (unpaired) electrons. The summed E-state index contributed by atoms with van der Waals surface area (Å²) >= 11 is 0. The molecule has 0 aliphatic carbocycles. The molecule has 0 atom stereocenters. The Balaban J connectivity index is 1.70. The number of anilines is 1. The quantitative estimate of drug-likeness (QED) is 0.499. The molecule has 0 aliphatic rings. The van der Waals surface area contributed by atoms with E-state index in [0.29, 0.717) is 19.6 Å². The van der Waals surface area contributed by atoms with Gasteiger partial charge in [0, 0.05) is 18.2 Å². The van der Waals surface area contributed by atoms with Gasteiger partial charge in [-0.15, -0.1) is 0 Å². The van der Waals surface area contributed by atoms with Crippen LogP contribution in [0.5, 0.6) is 5.88 Å². The summed E-state index contributed by atoms with van der Waals surface area (Å²) in [4.78, 5) is 14.3. The van der Waals surface area contributed by atoms with Crippen LogP contribution in [-0.2, 0) is 16.1 Å². The number of hydrogen-bond donors (Lipinski definition) is 2. The molecular formula is C19H21FN2O4. The summed E-state index contributed by atoms with van der Waals surface area (Å²) in [7, 11) is 0. The molecule has 1 aromatic carbocycles. The van der Waals surface area contributed by atoms with E-state index in [1.54, 1.807) is 0 Å². The van der Waals surface area contributed by atoms with E-state index < -0.39 is 11.8 Å². The molecule has 2 rings (SSSR count). The van der Waals surface area contributed by atoms with E-state index in [0.717, 1.165) is 24.1 Å². The van der Waals surface area contributed by atoms with Gasteiger partial charge in [-0.25, -0.2) is 9.18 Å². The molecule has 0 aliphatic heterocycles. The maximum absolute atomic E-state index is 13.9. The van der Waals surface area contributed by atoms with Gasteiger partial charge in [0.05, 0.1) is 13.2 Å². The Morgan fingerprint density at radius 3 is 2.69 bits per heavy atom. The zero-order valence-corrected chi connectivity index (χ0v) is 14.2. The predicted molar refractivity (Wildman–Crippen MR) is 96.1 cm³/mol. The summed E-state index contributed by atoms with van der Waals surface area (Å²) in [6, 6.07) is 11.0. The second kappa shape index (κ2) is 10.1. The van der Waals surface area contributed by atoms with Crippen LogP contribution in [0.3, 0.4) is 0 Å². The highest BCUT2D eigenvalue weighted by Crippen LogP contribution is 2.21. The van der Waals surface area contributed by atoms with E-state index in [-0.39, 0.29) is 23.9 Å². The van der Waals surface area contributed by atoms with Crippen LogP contribution in [0.4, 0.5) is 10.2 Å². The minimum Gasteiger partial charge on any atom is -0.478 e. The molecule has 0 amide bonds. The smallest absolute Gasteiger partial charge is 0.328 e. The second-order valence-corrected chi connectivity index (χ2v) is 5.52. The number of ether oxygens (including phenoxy) is 2. The fourth-order valence-corrected chi connectivity index (χ4v) is 2.13. The predicted octanol–water partition coefficient (Wildman–Crippen LogP) is 3.28. The fraction of sp³-hybridized carbons (Fsp3) is 0.263. The number of carbonyl (C=O) groups is 1. The first-order valence-corrected chi connectivity index (χ1v) is 8.18. The first kappa shape index (κ1) is 19.4. The number of nitrogen functional groups attached to an aromatic ring is 1. The molecule has 7 heteroatoms. The van der Waals surface area contributed by atoms with Gasteiger partial charge in [-0.05, 0) is 30.5 Å². The van der Waals surface area contributed by atoms with Crippen molar-refractivity contribution in [2.45, 2.75) is 19.4 Å². The van der Waals surface area contributed by atoms with Gasteiger partial charge in [-0.1, -0.05) is 30.3 Å². The molecule has 0 fully saturated rings. The Morgan fingerprint density at radius 2 is 1.96 bits per heavy atom. The van der Waals surface area contributed by atoms with Crippen molar-refractivity contribution in [1.29, 1.82) is 0 Å². The topological polar surface area (TPSA) is 94.7 Å². The van der Waals surface area contributed by atoms with E-state index in [9.17, 15) is 9.18 Å². The summed E-state index contributed by atoms with van der Waals surface area (Å²) in [5.74, 6) is -2.03. The van der Waals surface area contributed by atoms with Gasteiger partial charge in [-0.2, -0.15) is 4.98 Å². The average Bonchev–Trinajstić information content (AvgIpc) is 2.63. The van der Waals surface area contributed by atoms with E-state index in [1.165, 1.54) is 6.08 Å². The van der Waals surface area contributed by atoms with Crippen molar-refractivity contribution in [3.63, 3.8) is 0 Å². The first-order chi connectivity index (χ1) is 12.6. The third-order valence-corrected chi connectivity index (χ3v) is 3.44. The number of aliphatic carboxylic acids is 1. The molecule has 26 heavy (non-hydrogen) atoms. The fourth-order valence-electron chi connectivity index (χ4n) is 2.13. The van der Waals surface area contributed by atoms with Crippen molar-refractivity contribution in [2.75, 3.05) is 18.9 Å². The van der Waals surface area contributed by atoms with Gasteiger partial charge in [-0.3, -0.25) is 0 Å². The van der Waals surface area contributed by atoms with Crippen LogP contribution in [0.25, 0.3) is 6.08 Å². The minimum absolute atomic E-state index is 0.00472. The highest BCUT2D eigenvalue weighted by molar-refractivity contribution is 5.86. The van der Waals surface area contributed by atoms with Crippen molar-refractivity contribution >= 4 is 17.9 Å². The van der Waals surface area contributed by atoms with Gasteiger partial charge >= 0.3 is 5.97 Å². The largest absolute Gasteiger partial charge is 0.478 e. The minimum atomic E-state index is -1.15. The molecule has 0 unspecified atom stereocenters. The van der Waals surface area contributed by atoms with Crippen molar-refractivity contribution < 1.29 is 23.8 Å². The Labute approximate surface area is 151 Å². The molecule has 3 N–H and O–H groups in total. The van der Waals surface area contributed by atoms with Gasteiger partial charge < -0.3 is 20.3 Å². The van der Waals surface area contributed by atoms with Gasteiger partial charge in [0.25, 0.3) is 5.88 Å². The van der Waals surface area contributed by atoms with Gasteiger partial charge in [0.1, 0.15) is 5.82 Å². The SMILES string of the molecule is Nc1nc(OCCCCOCc2ccccc2)c(F)cc1/C=C/C(=O)O. The van der Waals surface area contributed by atoms with Crippen molar-refractivity contribution in [1.82, 2.24) is 4.98 Å². The lowest BCUT2D eigenvalue weighted by molar-refractivity contribution is -0.131. The molecule has 1 aromatic heterocycles. The zero-order valence-electron chi connectivity index (χ0n) is 14.2. The van der Waals surface area contributed by atoms with Crippen LogP contribution in [0, 0.1) is 5.82 Å². The van der Waals surface area contributed by atoms with E-state index in [2.05, 4.69) is 4.98 Å². The van der Waals surface area contributed by atoms with Crippen LogP contribution >= 0.6 is 0 Å². The van der Waals surface area contributed by atoms with Gasteiger partial charge in [0.15, 0.2) is 5.82 Å². The lowest BCUT2D eigenvalue weighted by Gasteiger charge is -2.09.